The van der Waals surface area contributed by atoms with Crippen LogP contribution in [0.3, 0.4) is 0 Å². The summed E-state index contributed by atoms with van der Waals surface area (Å²) in [6.45, 7) is 10.6. The normalized spacial score (nSPS) is 14.2. The van der Waals surface area contributed by atoms with Crippen LogP contribution < -0.4 is 10.8 Å². The van der Waals surface area contributed by atoms with E-state index in [-0.39, 0.29) is 5.92 Å². The molecule has 0 aliphatic heterocycles. The van der Waals surface area contributed by atoms with Crippen LogP contribution in [-0.4, -0.2) is 37.0 Å². The van der Waals surface area contributed by atoms with Crippen molar-refractivity contribution in [3.63, 3.8) is 0 Å². The fraction of sp³-hybridized carbons (Fsp3) is 0.800. The summed E-state index contributed by atoms with van der Waals surface area (Å²) in [7, 11) is 1.25. The summed E-state index contributed by atoms with van der Waals surface area (Å²) in [6.07, 6.45) is 0.456. The molecule has 0 aromatic carbocycles. The Morgan fingerprint density at radius 3 is 2.05 bits per heavy atom. The van der Waals surface area contributed by atoms with Gasteiger partial charge in [0.25, 0.3) is 0 Å². The van der Waals surface area contributed by atoms with Gasteiger partial charge in [-0.1, -0.05) is 13.8 Å². The summed E-state index contributed by atoms with van der Waals surface area (Å²) in [5.41, 5.74) is 1.83. The van der Waals surface area contributed by atoms with Gasteiger partial charge in [0.1, 0.15) is 12.1 Å². The highest BCUT2D eigenvalue weighted by molar-refractivity contribution is 5.87. The van der Waals surface area contributed by atoms with Crippen LogP contribution in [0.1, 0.15) is 48.0 Å². The van der Waals surface area contributed by atoms with E-state index in [0.29, 0.717) is 6.42 Å². The number of esters is 1. The van der Waals surface area contributed by atoms with E-state index in [0.717, 1.165) is 0 Å². The fourth-order valence-corrected chi connectivity index (χ4v) is 1.51. The molecule has 0 heterocycles. The Labute approximate surface area is 132 Å². The van der Waals surface area contributed by atoms with Crippen molar-refractivity contribution in [2.75, 3.05) is 7.11 Å². The van der Waals surface area contributed by atoms with Crippen LogP contribution >= 0.6 is 0 Å². The molecule has 0 rings (SSSR count). The summed E-state index contributed by atoms with van der Waals surface area (Å²) in [5, 5.41) is 2.53. The van der Waals surface area contributed by atoms with E-state index in [9.17, 15) is 14.4 Å². The van der Waals surface area contributed by atoms with Crippen molar-refractivity contribution < 1.29 is 24.0 Å². The third-order valence-electron chi connectivity index (χ3n) is 2.84. The third kappa shape index (κ3) is 7.40. The standard InChI is InChI=1S/C15H28N2O5/c1-9(2)8-11(17-22-14(20)15(4,5)6)12(18)16-10(3)13(19)21-7/h9-11,17H,8H2,1-7H3,(H,16,18)/t10-,11-/m0/s1. The first kappa shape index (κ1) is 20.4. The number of hydrogen-bond acceptors (Lipinski definition) is 6. The predicted octanol–water partition coefficient (Wildman–Crippen LogP) is 1.17. The zero-order chi connectivity index (χ0) is 17.5. The fourth-order valence-electron chi connectivity index (χ4n) is 1.51. The maximum atomic E-state index is 12.2. The predicted molar refractivity (Wildman–Crippen MR) is 81.5 cm³/mol. The Kier molecular flexibility index (Phi) is 8.08. The molecule has 0 saturated heterocycles. The summed E-state index contributed by atoms with van der Waals surface area (Å²) < 4.78 is 4.56. The maximum Gasteiger partial charge on any atom is 0.330 e. The average molecular weight is 316 g/mol. The highest BCUT2D eigenvalue weighted by atomic mass is 16.7. The van der Waals surface area contributed by atoms with Gasteiger partial charge in [0.05, 0.1) is 12.5 Å². The molecule has 1 amide bonds. The number of carbonyl (C=O) groups excluding carboxylic acids is 3. The van der Waals surface area contributed by atoms with Crippen LogP contribution in [0.2, 0.25) is 0 Å². The van der Waals surface area contributed by atoms with Gasteiger partial charge in [0, 0.05) is 0 Å². The second-order valence-corrected chi connectivity index (χ2v) is 6.69. The van der Waals surface area contributed by atoms with Crippen molar-refractivity contribution in [2.45, 2.75) is 60.0 Å². The van der Waals surface area contributed by atoms with Gasteiger partial charge in [-0.3, -0.25) is 4.79 Å². The smallest absolute Gasteiger partial charge is 0.330 e. The molecular formula is C15H28N2O5. The molecule has 0 spiro atoms. The molecule has 128 valence electrons. The van der Waals surface area contributed by atoms with Gasteiger partial charge in [-0.25, -0.2) is 9.59 Å². The maximum absolute atomic E-state index is 12.2. The lowest BCUT2D eigenvalue weighted by Gasteiger charge is -2.23. The molecule has 7 heteroatoms. The highest BCUT2D eigenvalue weighted by Crippen LogP contribution is 2.15. The van der Waals surface area contributed by atoms with Crippen molar-refractivity contribution in [3.8, 4) is 0 Å². The van der Waals surface area contributed by atoms with Crippen LogP contribution in [0.25, 0.3) is 0 Å². The number of amides is 1. The molecule has 0 aliphatic carbocycles. The summed E-state index contributed by atoms with van der Waals surface area (Å²) in [6, 6.07) is -1.51. The number of hydroxylamine groups is 1. The molecule has 0 aromatic heterocycles. The van der Waals surface area contributed by atoms with Crippen LogP contribution in [0, 0.1) is 11.3 Å². The molecule has 0 bridgehead atoms. The molecule has 0 aliphatic rings. The Morgan fingerprint density at radius 2 is 1.64 bits per heavy atom. The topological polar surface area (TPSA) is 93.7 Å². The first-order chi connectivity index (χ1) is 9.98. The molecule has 0 unspecified atom stereocenters. The van der Waals surface area contributed by atoms with Crippen LogP contribution in [0.15, 0.2) is 0 Å². The van der Waals surface area contributed by atoms with E-state index in [1.807, 2.05) is 13.8 Å². The van der Waals surface area contributed by atoms with Gasteiger partial charge in [0.2, 0.25) is 5.91 Å². The molecule has 0 aromatic rings. The number of ether oxygens (including phenoxy) is 1. The molecule has 0 radical (unpaired) electrons. The minimum absolute atomic E-state index is 0.199. The van der Waals surface area contributed by atoms with E-state index in [1.165, 1.54) is 14.0 Å². The highest BCUT2D eigenvalue weighted by Gasteiger charge is 2.28. The van der Waals surface area contributed by atoms with Crippen molar-refractivity contribution in [3.05, 3.63) is 0 Å². The molecule has 2 N–H and O–H groups in total. The zero-order valence-corrected chi connectivity index (χ0v) is 14.5. The first-order valence-corrected chi connectivity index (χ1v) is 7.34. The molecule has 22 heavy (non-hydrogen) atoms. The molecule has 7 nitrogen and oxygen atoms in total. The van der Waals surface area contributed by atoms with E-state index < -0.39 is 35.3 Å². The first-order valence-electron chi connectivity index (χ1n) is 7.34. The number of rotatable bonds is 7. The largest absolute Gasteiger partial charge is 0.467 e. The minimum Gasteiger partial charge on any atom is -0.467 e. The molecule has 0 fully saturated rings. The SMILES string of the molecule is COC(=O)[C@H](C)NC(=O)[C@H](CC(C)C)NOC(=O)C(C)(C)C. The molecule has 2 atom stereocenters. The van der Waals surface area contributed by atoms with Crippen molar-refractivity contribution in [1.82, 2.24) is 10.8 Å². The number of hydrogen-bond donors (Lipinski definition) is 2. The summed E-state index contributed by atoms with van der Waals surface area (Å²) >= 11 is 0. The van der Waals surface area contributed by atoms with Gasteiger partial charge in [0.15, 0.2) is 0 Å². The van der Waals surface area contributed by atoms with Gasteiger partial charge in [-0.05, 0) is 40.0 Å². The summed E-state index contributed by atoms with van der Waals surface area (Å²) in [5.74, 6) is -1.23. The van der Waals surface area contributed by atoms with Crippen LogP contribution in [-0.2, 0) is 24.0 Å². The van der Waals surface area contributed by atoms with Crippen molar-refractivity contribution >= 4 is 17.8 Å². The second-order valence-electron chi connectivity index (χ2n) is 6.69. The van der Waals surface area contributed by atoms with Crippen molar-refractivity contribution in [1.29, 1.82) is 0 Å². The lowest BCUT2D eigenvalue weighted by molar-refractivity contribution is -0.164. The Morgan fingerprint density at radius 1 is 1.09 bits per heavy atom. The zero-order valence-electron chi connectivity index (χ0n) is 14.5. The average Bonchev–Trinajstić information content (AvgIpc) is 2.40. The summed E-state index contributed by atoms with van der Waals surface area (Å²) in [4.78, 5) is 40.3. The number of nitrogens with one attached hydrogen (secondary N) is 2. The second kappa shape index (κ2) is 8.73. The molecular weight excluding hydrogens is 288 g/mol. The Balaban J connectivity index is 4.73. The minimum atomic E-state index is -0.771. The van der Waals surface area contributed by atoms with Crippen molar-refractivity contribution in [2.24, 2.45) is 11.3 Å². The lowest BCUT2D eigenvalue weighted by Crippen LogP contribution is -2.50. The number of carbonyl (C=O) groups is 3. The monoisotopic (exact) mass is 316 g/mol. The number of methoxy groups -OCH3 is 1. The van der Waals surface area contributed by atoms with E-state index in [2.05, 4.69) is 15.5 Å². The van der Waals surface area contributed by atoms with E-state index in [1.54, 1.807) is 20.8 Å². The quantitative estimate of drug-likeness (QED) is 0.541. The van der Waals surface area contributed by atoms with Gasteiger partial charge < -0.3 is 14.9 Å². The van der Waals surface area contributed by atoms with E-state index in [4.69, 9.17) is 4.84 Å². The Bertz CT molecular complexity index is 401. The van der Waals surface area contributed by atoms with E-state index >= 15 is 0 Å². The van der Waals surface area contributed by atoms with Gasteiger partial charge >= 0.3 is 11.9 Å². The van der Waals surface area contributed by atoms with Crippen LogP contribution in [0.4, 0.5) is 0 Å². The lowest BCUT2D eigenvalue weighted by atomic mass is 9.98. The van der Waals surface area contributed by atoms with Gasteiger partial charge in [-0.2, -0.15) is 0 Å². The third-order valence-corrected chi connectivity index (χ3v) is 2.84. The van der Waals surface area contributed by atoms with Crippen LogP contribution in [0.5, 0.6) is 0 Å². The Hall–Kier alpha value is -1.63. The molecule has 0 saturated carbocycles. The van der Waals surface area contributed by atoms with Gasteiger partial charge in [-0.15, -0.1) is 5.48 Å².